The fraction of sp³-hybridized carbons (Fsp3) is 0.231. The van der Waals surface area contributed by atoms with E-state index in [2.05, 4.69) is 60.8 Å². The van der Waals surface area contributed by atoms with Crippen molar-refractivity contribution in [2.24, 2.45) is 5.92 Å². The van der Waals surface area contributed by atoms with Gasteiger partial charge in [-0.25, -0.2) is 0 Å². The maximum atomic E-state index is 3.49. The number of rotatable bonds is 2. The molecule has 72 valence electrons. The molecule has 0 saturated heterocycles. The summed E-state index contributed by atoms with van der Waals surface area (Å²) in [6.45, 7) is 2.22. The molecule has 0 spiro atoms. The van der Waals surface area contributed by atoms with Gasteiger partial charge in [0.1, 0.15) is 0 Å². The molecule has 1 heteroatoms. The van der Waals surface area contributed by atoms with Crippen LogP contribution < -0.4 is 5.32 Å². The average Bonchev–Trinajstić information content (AvgIpc) is 2.23. The van der Waals surface area contributed by atoms with Crippen LogP contribution in [0.1, 0.15) is 6.92 Å². The minimum Gasteiger partial charge on any atom is -0.378 e. The Balaban J connectivity index is 2.05. The van der Waals surface area contributed by atoms with Gasteiger partial charge in [0.2, 0.25) is 0 Å². The zero-order valence-corrected chi connectivity index (χ0v) is 8.35. The van der Waals surface area contributed by atoms with Gasteiger partial charge in [-0.05, 0) is 18.1 Å². The molecule has 2 rings (SSSR count). The highest BCUT2D eigenvalue weighted by Gasteiger charge is 2.12. The number of nitrogens with one attached hydrogen (secondary N) is 1. The van der Waals surface area contributed by atoms with Crippen LogP contribution in [0.5, 0.6) is 0 Å². The highest BCUT2D eigenvalue weighted by atomic mass is 14.9. The van der Waals surface area contributed by atoms with Crippen molar-refractivity contribution in [3.05, 3.63) is 54.6 Å². The molecule has 0 radical (unpaired) electrons. The Morgan fingerprint density at radius 1 is 1.00 bits per heavy atom. The molecule has 1 aliphatic carbocycles. The molecule has 1 aromatic rings. The van der Waals surface area contributed by atoms with E-state index in [0.717, 1.165) is 0 Å². The van der Waals surface area contributed by atoms with Crippen LogP contribution in [0.2, 0.25) is 0 Å². The van der Waals surface area contributed by atoms with E-state index in [-0.39, 0.29) is 0 Å². The van der Waals surface area contributed by atoms with E-state index in [4.69, 9.17) is 0 Å². The molecule has 1 aliphatic rings. The summed E-state index contributed by atoms with van der Waals surface area (Å²) in [5, 5.41) is 3.49. The Hall–Kier alpha value is -1.50. The first-order valence-electron chi connectivity index (χ1n) is 5.03. The van der Waals surface area contributed by atoms with Gasteiger partial charge >= 0.3 is 0 Å². The van der Waals surface area contributed by atoms with Crippen molar-refractivity contribution in [3.8, 4) is 0 Å². The van der Waals surface area contributed by atoms with Gasteiger partial charge in [-0.2, -0.15) is 0 Å². The Morgan fingerprint density at radius 2 is 1.71 bits per heavy atom. The quantitative estimate of drug-likeness (QED) is 0.746. The lowest BCUT2D eigenvalue weighted by Crippen LogP contribution is -2.24. The molecule has 1 aromatic carbocycles. The van der Waals surface area contributed by atoms with Crippen LogP contribution in [-0.4, -0.2) is 6.04 Å². The van der Waals surface area contributed by atoms with Crippen LogP contribution in [0.15, 0.2) is 54.6 Å². The first-order valence-corrected chi connectivity index (χ1v) is 5.03. The molecule has 0 saturated carbocycles. The molecule has 1 unspecified atom stereocenters. The summed E-state index contributed by atoms with van der Waals surface area (Å²) < 4.78 is 0. The van der Waals surface area contributed by atoms with Crippen LogP contribution >= 0.6 is 0 Å². The Labute approximate surface area is 85.2 Å². The lowest BCUT2D eigenvalue weighted by molar-refractivity contribution is 0.660. The lowest BCUT2D eigenvalue weighted by Gasteiger charge is -2.22. The molecule has 0 fully saturated rings. The number of hydrogen-bond acceptors (Lipinski definition) is 1. The minimum absolute atomic E-state index is 0.419. The highest BCUT2D eigenvalue weighted by molar-refractivity contribution is 5.45. The first-order chi connectivity index (χ1) is 6.86. The van der Waals surface area contributed by atoms with E-state index in [1.807, 2.05) is 6.07 Å². The molecule has 2 atom stereocenters. The molecular weight excluding hydrogens is 170 g/mol. The monoisotopic (exact) mass is 185 g/mol. The Morgan fingerprint density at radius 3 is 2.43 bits per heavy atom. The first kappa shape index (κ1) is 9.07. The topological polar surface area (TPSA) is 12.0 Å². The van der Waals surface area contributed by atoms with E-state index in [1.54, 1.807) is 0 Å². The van der Waals surface area contributed by atoms with Gasteiger partial charge in [0.15, 0.2) is 0 Å². The molecule has 14 heavy (non-hydrogen) atoms. The van der Waals surface area contributed by atoms with Gasteiger partial charge in [-0.1, -0.05) is 49.4 Å². The van der Waals surface area contributed by atoms with Gasteiger partial charge in [0.25, 0.3) is 0 Å². The molecule has 0 amide bonds. The molecule has 0 heterocycles. The van der Waals surface area contributed by atoms with Gasteiger partial charge < -0.3 is 5.32 Å². The fourth-order valence-electron chi connectivity index (χ4n) is 1.62. The summed E-state index contributed by atoms with van der Waals surface area (Å²) in [7, 11) is 0. The SMILES string of the molecule is C[C@@H]1C=CC=CC1Nc1ccccc1. The summed E-state index contributed by atoms with van der Waals surface area (Å²) >= 11 is 0. The van der Waals surface area contributed by atoms with E-state index >= 15 is 0 Å². The Bertz CT molecular complexity index is 338. The van der Waals surface area contributed by atoms with Crippen molar-refractivity contribution < 1.29 is 0 Å². The number of anilines is 1. The third kappa shape index (κ3) is 2.05. The fourth-order valence-corrected chi connectivity index (χ4v) is 1.62. The summed E-state index contributed by atoms with van der Waals surface area (Å²) in [6.07, 6.45) is 8.63. The lowest BCUT2D eigenvalue weighted by atomic mass is 9.97. The number of allylic oxidation sites excluding steroid dienone is 2. The van der Waals surface area contributed by atoms with Crippen molar-refractivity contribution >= 4 is 5.69 Å². The molecule has 0 aliphatic heterocycles. The van der Waals surface area contributed by atoms with Crippen molar-refractivity contribution in [2.75, 3.05) is 5.32 Å². The van der Waals surface area contributed by atoms with Crippen LogP contribution in [0.3, 0.4) is 0 Å². The standard InChI is InChI=1S/C13H15N/c1-11-7-5-6-10-13(11)14-12-8-3-2-4-9-12/h2-11,13-14H,1H3/t11-,13?/m1/s1. The molecule has 0 aromatic heterocycles. The van der Waals surface area contributed by atoms with E-state index in [1.165, 1.54) is 5.69 Å². The van der Waals surface area contributed by atoms with Gasteiger partial charge in [-0.15, -0.1) is 0 Å². The summed E-state index contributed by atoms with van der Waals surface area (Å²) in [4.78, 5) is 0. The maximum absolute atomic E-state index is 3.49. The zero-order valence-electron chi connectivity index (χ0n) is 8.35. The van der Waals surface area contributed by atoms with Gasteiger partial charge in [0, 0.05) is 5.69 Å². The zero-order chi connectivity index (χ0) is 9.80. The summed E-state index contributed by atoms with van der Waals surface area (Å²) in [5.41, 5.74) is 1.18. The predicted molar refractivity (Wildman–Crippen MR) is 61.3 cm³/mol. The third-order valence-corrected chi connectivity index (χ3v) is 2.52. The third-order valence-electron chi connectivity index (χ3n) is 2.52. The van der Waals surface area contributed by atoms with E-state index in [0.29, 0.717) is 12.0 Å². The maximum Gasteiger partial charge on any atom is 0.0507 e. The van der Waals surface area contributed by atoms with Crippen LogP contribution in [0, 0.1) is 5.92 Å². The van der Waals surface area contributed by atoms with Crippen LogP contribution in [-0.2, 0) is 0 Å². The van der Waals surface area contributed by atoms with E-state index < -0.39 is 0 Å². The van der Waals surface area contributed by atoms with Gasteiger partial charge in [0.05, 0.1) is 6.04 Å². The number of hydrogen-bond donors (Lipinski definition) is 1. The molecule has 1 N–H and O–H groups in total. The second-order valence-corrected chi connectivity index (χ2v) is 3.67. The normalized spacial score (nSPS) is 24.9. The highest BCUT2D eigenvalue weighted by Crippen LogP contribution is 2.17. The largest absolute Gasteiger partial charge is 0.378 e. The number of para-hydroxylation sites is 1. The van der Waals surface area contributed by atoms with Crippen molar-refractivity contribution in [3.63, 3.8) is 0 Å². The Kier molecular flexibility index (Phi) is 2.68. The molecule has 0 bridgehead atoms. The second-order valence-electron chi connectivity index (χ2n) is 3.67. The van der Waals surface area contributed by atoms with Crippen molar-refractivity contribution in [2.45, 2.75) is 13.0 Å². The second kappa shape index (κ2) is 4.14. The van der Waals surface area contributed by atoms with Crippen LogP contribution in [0.4, 0.5) is 5.69 Å². The van der Waals surface area contributed by atoms with Crippen LogP contribution in [0.25, 0.3) is 0 Å². The van der Waals surface area contributed by atoms with Gasteiger partial charge in [-0.3, -0.25) is 0 Å². The van der Waals surface area contributed by atoms with Crippen molar-refractivity contribution in [1.82, 2.24) is 0 Å². The van der Waals surface area contributed by atoms with E-state index in [9.17, 15) is 0 Å². The molecule has 1 nitrogen and oxygen atoms in total. The molecular formula is C13H15N. The number of benzene rings is 1. The minimum atomic E-state index is 0.419. The average molecular weight is 185 g/mol. The van der Waals surface area contributed by atoms with Crippen molar-refractivity contribution in [1.29, 1.82) is 0 Å². The predicted octanol–water partition coefficient (Wildman–Crippen LogP) is 3.23. The summed E-state index contributed by atoms with van der Waals surface area (Å²) in [6, 6.07) is 10.7. The summed E-state index contributed by atoms with van der Waals surface area (Å²) in [5.74, 6) is 0.556. The smallest absolute Gasteiger partial charge is 0.0507 e.